The summed E-state index contributed by atoms with van der Waals surface area (Å²) in [5, 5.41) is 12.2. The average Bonchev–Trinajstić information content (AvgIpc) is 2.44. The highest BCUT2D eigenvalue weighted by Crippen LogP contribution is 2.36. The number of carbonyl (C=O) groups is 2. The molecule has 0 aliphatic heterocycles. The molecule has 1 amide bonds. The number of carboxylic acids is 1. The molecule has 0 spiro atoms. The van der Waals surface area contributed by atoms with Crippen LogP contribution in [0.3, 0.4) is 0 Å². The second-order valence-corrected chi connectivity index (χ2v) is 5.96. The first-order valence-electron chi connectivity index (χ1n) is 7.15. The van der Waals surface area contributed by atoms with E-state index in [-0.39, 0.29) is 11.7 Å². The van der Waals surface area contributed by atoms with Gasteiger partial charge in [0.15, 0.2) is 0 Å². The Bertz CT molecular complexity index is 573. The van der Waals surface area contributed by atoms with Gasteiger partial charge in [0.05, 0.1) is 5.41 Å². The summed E-state index contributed by atoms with van der Waals surface area (Å²) in [6.45, 7) is 3.27. The first-order chi connectivity index (χ1) is 9.84. The minimum absolute atomic E-state index is 0.350. The Balaban J connectivity index is 2.17. The Morgan fingerprint density at radius 3 is 2.71 bits per heavy atom. The van der Waals surface area contributed by atoms with Crippen molar-refractivity contribution < 1.29 is 19.1 Å². The summed E-state index contributed by atoms with van der Waals surface area (Å²) in [5.74, 6) is -1.60. The highest BCUT2D eigenvalue weighted by molar-refractivity contribution is 5.95. The number of benzene rings is 1. The molecule has 1 aliphatic rings. The second kappa shape index (κ2) is 5.84. The molecule has 1 fully saturated rings. The first-order valence-corrected chi connectivity index (χ1v) is 7.15. The summed E-state index contributed by atoms with van der Waals surface area (Å²) in [7, 11) is 0. The smallest absolute Gasteiger partial charge is 0.311 e. The Hall–Kier alpha value is -1.91. The molecule has 0 saturated heterocycles. The number of aryl methyl sites for hydroxylation is 1. The molecule has 1 aliphatic carbocycles. The van der Waals surface area contributed by atoms with Gasteiger partial charge >= 0.3 is 5.97 Å². The van der Waals surface area contributed by atoms with Crippen LogP contribution in [0.5, 0.6) is 0 Å². The van der Waals surface area contributed by atoms with E-state index in [0.717, 1.165) is 12.8 Å². The number of aliphatic carboxylic acids is 1. The van der Waals surface area contributed by atoms with E-state index in [9.17, 15) is 19.1 Å². The van der Waals surface area contributed by atoms with Gasteiger partial charge in [-0.1, -0.05) is 12.8 Å². The summed E-state index contributed by atoms with van der Waals surface area (Å²) in [6.07, 6.45) is 2.95. The maximum Gasteiger partial charge on any atom is 0.311 e. The second-order valence-electron chi connectivity index (χ2n) is 5.96. The van der Waals surface area contributed by atoms with Crippen molar-refractivity contribution in [3.05, 3.63) is 35.1 Å². The van der Waals surface area contributed by atoms with Crippen LogP contribution in [0.2, 0.25) is 0 Å². The molecule has 5 heteroatoms. The van der Waals surface area contributed by atoms with Crippen LogP contribution in [0.4, 0.5) is 4.39 Å². The number of carboxylic acid groups (broad SMARTS) is 1. The predicted octanol–water partition coefficient (Wildman–Crippen LogP) is 2.90. The van der Waals surface area contributed by atoms with Crippen LogP contribution in [0.15, 0.2) is 18.2 Å². The average molecular weight is 293 g/mol. The molecular formula is C16H20FNO3. The lowest BCUT2D eigenvalue weighted by Crippen LogP contribution is -2.52. The Morgan fingerprint density at radius 2 is 2.10 bits per heavy atom. The van der Waals surface area contributed by atoms with Gasteiger partial charge in [-0.2, -0.15) is 0 Å². The van der Waals surface area contributed by atoms with Gasteiger partial charge < -0.3 is 10.4 Å². The van der Waals surface area contributed by atoms with Crippen molar-refractivity contribution in [3.8, 4) is 0 Å². The molecule has 2 unspecified atom stereocenters. The zero-order chi connectivity index (χ0) is 15.6. The van der Waals surface area contributed by atoms with Gasteiger partial charge in [0.2, 0.25) is 0 Å². The lowest BCUT2D eigenvalue weighted by Gasteiger charge is -2.38. The molecule has 0 heterocycles. The largest absolute Gasteiger partial charge is 0.481 e. The third kappa shape index (κ3) is 3.06. The number of carbonyl (C=O) groups excluding carboxylic acids is 1. The SMILES string of the molecule is Cc1cc(C(=O)NC2CCCCC2(C)C(=O)O)ccc1F. The fourth-order valence-corrected chi connectivity index (χ4v) is 2.85. The minimum Gasteiger partial charge on any atom is -0.481 e. The molecule has 114 valence electrons. The molecule has 0 bridgehead atoms. The summed E-state index contributed by atoms with van der Waals surface area (Å²) < 4.78 is 13.2. The number of amides is 1. The molecule has 1 saturated carbocycles. The van der Waals surface area contributed by atoms with Crippen LogP contribution in [0.1, 0.15) is 48.5 Å². The zero-order valence-corrected chi connectivity index (χ0v) is 12.3. The Morgan fingerprint density at radius 1 is 1.38 bits per heavy atom. The lowest BCUT2D eigenvalue weighted by molar-refractivity contribution is -0.151. The summed E-state index contributed by atoms with van der Waals surface area (Å²) >= 11 is 0. The van der Waals surface area contributed by atoms with Crippen molar-refractivity contribution in [1.82, 2.24) is 5.32 Å². The molecule has 0 aromatic heterocycles. The van der Waals surface area contributed by atoms with Gasteiger partial charge in [-0.05, 0) is 50.5 Å². The van der Waals surface area contributed by atoms with Crippen LogP contribution in [-0.4, -0.2) is 23.0 Å². The molecule has 2 N–H and O–H groups in total. The quantitative estimate of drug-likeness (QED) is 0.900. The molecule has 2 rings (SSSR count). The van der Waals surface area contributed by atoms with E-state index in [1.54, 1.807) is 13.8 Å². The van der Waals surface area contributed by atoms with E-state index in [2.05, 4.69) is 5.32 Å². The normalized spacial score (nSPS) is 25.4. The van der Waals surface area contributed by atoms with E-state index in [1.807, 2.05) is 0 Å². The van der Waals surface area contributed by atoms with Crippen molar-refractivity contribution >= 4 is 11.9 Å². The summed E-state index contributed by atoms with van der Waals surface area (Å²) in [6, 6.07) is 3.74. The van der Waals surface area contributed by atoms with Gasteiger partial charge in [0.1, 0.15) is 5.82 Å². The standard InChI is InChI=1S/C16H20FNO3/c1-10-9-11(6-7-12(10)17)14(19)18-13-5-3-4-8-16(13,2)15(20)21/h6-7,9,13H,3-5,8H2,1-2H3,(H,18,19)(H,20,21). The highest BCUT2D eigenvalue weighted by atomic mass is 19.1. The van der Waals surface area contributed by atoms with Crippen LogP contribution >= 0.6 is 0 Å². The topological polar surface area (TPSA) is 66.4 Å². The molecule has 4 nitrogen and oxygen atoms in total. The van der Waals surface area contributed by atoms with Gasteiger partial charge in [-0.15, -0.1) is 0 Å². The summed E-state index contributed by atoms with van der Waals surface area (Å²) in [5.41, 5.74) is -0.192. The van der Waals surface area contributed by atoms with E-state index < -0.39 is 17.4 Å². The van der Waals surface area contributed by atoms with Gasteiger partial charge in [0, 0.05) is 11.6 Å². The van der Waals surface area contributed by atoms with Gasteiger partial charge in [-0.25, -0.2) is 4.39 Å². The van der Waals surface area contributed by atoms with E-state index in [0.29, 0.717) is 24.0 Å². The van der Waals surface area contributed by atoms with Crippen molar-refractivity contribution in [3.63, 3.8) is 0 Å². The molecule has 0 radical (unpaired) electrons. The first kappa shape index (κ1) is 15.5. The van der Waals surface area contributed by atoms with Crippen LogP contribution < -0.4 is 5.32 Å². The fraction of sp³-hybridized carbons (Fsp3) is 0.500. The monoisotopic (exact) mass is 293 g/mol. The molecule has 2 atom stereocenters. The van der Waals surface area contributed by atoms with E-state index in [4.69, 9.17) is 0 Å². The Labute approximate surface area is 123 Å². The lowest BCUT2D eigenvalue weighted by atomic mass is 9.71. The fourth-order valence-electron chi connectivity index (χ4n) is 2.85. The van der Waals surface area contributed by atoms with Crippen molar-refractivity contribution in [2.75, 3.05) is 0 Å². The number of halogens is 1. The van der Waals surface area contributed by atoms with Crippen molar-refractivity contribution in [1.29, 1.82) is 0 Å². The van der Waals surface area contributed by atoms with Gasteiger partial charge in [-0.3, -0.25) is 9.59 Å². The molecular weight excluding hydrogens is 273 g/mol. The van der Waals surface area contributed by atoms with Crippen molar-refractivity contribution in [2.24, 2.45) is 5.41 Å². The van der Waals surface area contributed by atoms with Gasteiger partial charge in [0.25, 0.3) is 5.91 Å². The zero-order valence-electron chi connectivity index (χ0n) is 12.3. The van der Waals surface area contributed by atoms with E-state index in [1.165, 1.54) is 18.2 Å². The maximum atomic E-state index is 13.2. The Kier molecular flexibility index (Phi) is 4.30. The van der Waals surface area contributed by atoms with E-state index >= 15 is 0 Å². The number of hydrogen-bond donors (Lipinski definition) is 2. The van der Waals surface area contributed by atoms with Crippen LogP contribution in [0, 0.1) is 18.2 Å². The summed E-state index contributed by atoms with van der Waals surface area (Å²) in [4.78, 5) is 23.8. The number of rotatable bonds is 3. The minimum atomic E-state index is -0.941. The maximum absolute atomic E-state index is 13.2. The molecule has 1 aromatic rings. The predicted molar refractivity (Wildman–Crippen MR) is 76.6 cm³/mol. The third-order valence-electron chi connectivity index (χ3n) is 4.42. The highest BCUT2D eigenvalue weighted by Gasteiger charge is 2.43. The van der Waals surface area contributed by atoms with Crippen molar-refractivity contribution in [2.45, 2.75) is 45.6 Å². The van der Waals surface area contributed by atoms with Crippen LogP contribution in [-0.2, 0) is 4.79 Å². The molecule has 21 heavy (non-hydrogen) atoms. The van der Waals surface area contributed by atoms with Crippen LogP contribution in [0.25, 0.3) is 0 Å². The molecule has 1 aromatic carbocycles. The third-order valence-corrected chi connectivity index (χ3v) is 4.42. The number of hydrogen-bond acceptors (Lipinski definition) is 2. The number of nitrogens with one attached hydrogen (secondary N) is 1.